The second-order valence-corrected chi connectivity index (χ2v) is 16.3. The Labute approximate surface area is 313 Å². The summed E-state index contributed by atoms with van der Waals surface area (Å²) in [6.07, 6.45) is 5.09. The number of fused-ring (bicyclic) bond motifs is 5. The minimum atomic E-state index is -0.611. The molecule has 11 nitrogen and oxygen atoms in total. The second kappa shape index (κ2) is 14.0. The van der Waals surface area contributed by atoms with Crippen molar-refractivity contribution in [3.05, 3.63) is 53.3 Å². The summed E-state index contributed by atoms with van der Waals surface area (Å²) in [6, 6.07) is 13.1. The van der Waals surface area contributed by atoms with Gasteiger partial charge in [0.15, 0.2) is 12.6 Å². The molecule has 282 valence electrons. The molecule has 0 radical (unpaired) electrons. The van der Waals surface area contributed by atoms with E-state index in [9.17, 15) is 9.90 Å². The number of aliphatic hydroxyl groups is 1. The molecular formula is C40H47ClFN5O6. The number of hydrogen-bond donors (Lipinski definition) is 1. The molecule has 2 bridgehead atoms. The van der Waals surface area contributed by atoms with Gasteiger partial charge in [-0.2, -0.15) is 9.97 Å². The van der Waals surface area contributed by atoms with Crippen LogP contribution < -0.4 is 14.4 Å². The average Bonchev–Trinajstić information content (AvgIpc) is 3.78. The largest absolute Gasteiger partial charge is 0.468 e. The fraction of sp³-hybridized carbons (Fsp3) is 0.525. The van der Waals surface area contributed by atoms with E-state index < -0.39 is 11.4 Å². The van der Waals surface area contributed by atoms with Crippen LogP contribution in [0.1, 0.15) is 59.3 Å². The number of methoxy groups -OCH3 is 1. The van der Waals surface area contributed by atoms with Gasteiger partial charge in [0.25, 0.3) is 0 Å². The number of piperazine rings is 1. The van der Waals surface area contributed by atoms with Crippen LogP contribution in [-0.2, 0) is 9.47 Å². The summed E-state index contributed by atoms with van der Waals surface area (Å²) in [6.45, 7) is 7.96. The van der Waals surface area contributed by atoms with Gasteiger partial charge in [-0.1, -0.05) is 35.9 Å². The van der Waals surface area contributed by atoms with Crippen LogP contribution in [0.3, 0.4) is 0 Å². The van der Waals surface area contributed by atoms with E-state index in [1.165, 1.54) is 0 Å². The molecule has 4 saturated heterocycles. The van der Waals surface area contributed by atoms with Crippen molar-refractivity contribution in [3.63, 3.8) is 0 Å². The van der Waals surface area contributed by atoms with Crippen molar-refractivity contribution in [2.75, 3.05) is 51.7 Å². The predicted octanol–water partition coefficient (Wildman–Crippen LogP) is 7.18. The molecule has 1 N–H and O–H groups in total. The van der Waals surface area contributed by atoms with E-state index in [2.05, 4.69) is 9.80 Å². The number of aliphatic hydroxyl groups excluding tert-OH is 1. The lowest BCUT2D eigenvalue weighted by molar-refractivity contribution is 0.0122. The molecule has 4 fully saturated rings. The van der Waals surface area contributed by atoms with Gasteiger partial charge in [0, 0.05) is 37.2 Å². The van der Waals surface area contributed by atoms with Crippen molar-refractivity contribution in [1.29, 1.82) is 0 Å². The van der Waals surface area contributed by atoms with Gasteiger partial charge in [-0.15, -0.1) is 0 Å². The third-order valence-electron chi connectivity index (χ3n) is 11.4. The summed E-state index contributed by atoms with van der Waals surface area (Å²) in [5.74, 6) is 0.438. The predicted molar refractivity (Wildman–Crippen MR) is 201 cm³/mol. The highest BCUT2D eigenvalue weighted by Gasteiger charge is 2.50. The number of carbonyl (C=O) groups is 1. The SMILES string of the molecule is COCOc1cc(-c2c(Cl)cc3c(N4CC5CCC(C4)N5C(=O)OC(C)(C)C)nc(OC[C@]45CCCN4[C@H](CO)CC5)nc3c2F)c2ccccc2c1. The zero-order valence-electron chi connectivity index (χ0n) is 30.7. The number of hydrogen-bond acceptors (Lipinski definition) is 10. The Kier molecular flexibility index (Phi) is 9.53. The Morgan fingerprint density at radius 2 is 1.81 bits per heavy atom. The smallest absolute Gasteiger partial charge is 0.410 e. The summed E-state index contributed by atoms with van der Waals surface area (Å²) < 4.78 is 40.6. The Hall–Kier alpha value is -3.97. The molecule has 53 heavy (non-hydrogen) atoms. The van der Waals surface area contributed by atoms with Crippen molar-refractivity contribution in [2.45, 2.75) is 88.6 Å². The molecule has 2 unspecified atom stereocenters. The third-order valence-corrected chi connectivity index (χ3v) is 11.7. The number of carbonyl (C=O) groups excluding carboxylic acids is 1. The maximum absolute atomic E-state index is 17.4. The first-order valence-electron chi connectivity index (χ1n) is 18.6. The monoisotopic (exact) mass is 747 g/mol. The van der Waals surface area contributed by atoms with E-state index in [1.54, 1.807) is 19.2 Å². The molecule has 1 aromatic heterocycles. The van der Waals surface area contributed by atoms with Crippen molar-refractivity contribution in [2.24, 2.45) is 0 Å². The molecule has 5 heterocycles. The summed E-state index contributed by atoms with van der Waals surface area (Å²) in [7, 11) is 1.54. The summed E-state index contributed by atoms with van der Waals surface area (Å²) in [4.78, 5) is 29.4. The van der Waals surface area contributed by atoms with Crippen molar-refractivity contribution in [3.8, 4) is 22.9 Å². The molecule has 4 aromatic rings. The lowest BCUT2D eigenvalue weighted by Crippen LogP contribution is -2.57. The minimum Gasteiger partial charge on any atom is -0.468 e. The maximum Gasteiger partial charge on any atom is 0.410 e. The first-order chi connectivity index (χ1) is 25.5. The molecule has 1 amide bonds. The minimum absolute atomic E-state index is 0.0319. The lowest BCUT2D eigenvalue weighted by Gasteiger charge is -2.42. The second-order valence-electron chi connectivity index (χ2n) is 15.9. The highest BCUT2D eigenvalue weighted by atomic mass is 35.5. The Morgan fingerprint density at radius 1 is 1.04 bits per heavy atom. The average molecular weight is 748 g/mol. The molecule has 0 spiro atoms. The Morgan fingerprint density at radius 3 is 2.55 bits per heavy atom. The number of aromatic nitrogens is 2. The van der Waals surface area contributed by atoms with Crippen LogP contribution in [0.25, 0.3) is 32.8 Å². The maximum atomic E-state index is 17.4. The molecule has 0 saturated carbocycles. The van der Waals surface area contributed by atoms with Gasteiger partial charge in [-0.05, 0) is 100 Å². The number of halogens is 2. The molecule has 4 aliphatic heterocycles. The number of anilines is 1. The fourth-order valence-electron chi connectivity index (χ4n) is 9.11. The van der Waals surface area contributed by atoms with Crippen LogP contribution in [0, 0.1) is 5.82 Å². The lowest BCUT2D eigenvalue weighted by atomic mass is 9.95. The van der Waals surface area contributed by atoms with E-state index in [0.29, 0.717) is 42.2 Å². The molecule has 4 aliphatic rings. The highest BCUT2D eigenvalue weighted by molar-refractivity contribution is 6.35. The summed E-state index contributed by atoms with van der Waals surface area (Å²) >= 11 is 7.08. The normalized spacial score (nSPS) is 24.3. The Bertz CT molecular complexity index is 2030. The van der Waals surface area contributed by atoms with Crippen LogP contribution in [-0.4, -0.2) is 107 Å². The van der Waals surface area contributed by atoms with E-state index in [1.807, 2.05) is 56.0 Å². The number of benzene rings is 3. The van der Waals surface area contributed by atoms with Crippen molar-refractivity contribution < 1.29 is 33.2 Å². The topological polar surface area (TPSA) is 110 Å². The zero-order valence-corrected chi connectivity index (χ0v) is 31.5. The number of ether oxygens (including phenoxy) is 4. The van der Waals surface area contributed by atoms with Gasteiger partial charge in [-0.3, -0.25) is 9.80 Å². The van der Waals surface area contributed by atoms with Crippen LogP contribution in [0.15, 0.2) is 42.5 Å². The molecule has 3 aromatic carbocycles. The van der Waals surface area contributed by atoms with E-state index in [4.69, 9.17) is 40.5 Å². The van der Waals surface area contributed by atoms with Gasteiger partial charge in [-0.25, -0.2) is 9.18 Å². The fourth-order valence-corrected chi connectivity index (χ4v) is 9.40. The molecule has 13 heteroatoms. The highest BCUT2D eigenvalue weighted by Crippen LogP contribution is 2.45. The van der Waals surface area contributed by atoms with E-state index in [-0.39, 0.29) is 65.3 Å². The number of amides is 1. The quantitative estimate of drug-likeness (QED) is 0.177. The van der Waals surface area contributed by atoms with Gasteiger partial charge in [0.1, 0.15) is 29.3 Å². The van der Waals surface area contributed by atoms with Gasteiger partial charge in [0.05, 0.1) is 29.3 Å². The van der Waals surface area contributed by atoms with Crippen LogP contribution >= 0.6 is 11.6 Å². The van der Waals surface area contributed by atoms with E-state index >= 15 is 4.39 Å². The van der Waals surface area contributed by atoms with Gasteiger partial charge < -0.3 is 29.0 Å². The first kappa shape index (κ1) is 36.0. The van der Waals surface area contributed by atoms with Crippen LogP contribution in [0.2, 0.25) is 5.02 Å². The van der Waals surface area contributed by atoms with Crippen molar-refractivity contribution in [1.82, 2.24) is 19.8 Å². The standard InChI is InChI=1S/C40H47ClFN5O6/c1-39(2,3)53-38(49)47-25-10-11-26(47)20-45(19-25)36-31-18-32(41)33(30-17-28(52-23-50-4)16-24-8-5-6-9-29(24)30)34(42)35(31)43-37(44-36)51-22-40-13-7-15-46(40)27(21-48)12-14-40/h5-6,8-9,16-18,25-27,48H,7,10-15,19-23H2,1-4H3/t25?,26?,27-,40+/m0/s1. The summed E-state index contributed by atoms with van der Waals surface area (Å²) in [5, 5.41) is 12.4. The molecule has 0 aliphatic carbocycles. The third kappa shape index (κ3) is 6.62. The number of rotatable bonds is 9. The van der Waals surface area contributed by atoms with Crippen molar-refractivity contribution >= 4 is 45.2 Å². The van der Waals surface area contributed by atoms with E-state index in [0.717, 1.165) is 55.8 Å². The molecule has 8 rings (SSSR count). The van der Waals surface area contributed by atoms with Crippen LogP contribution in [0.5, 0.6) is 11.8 Å². The molecule has 4 atom stereocenters. The summed E-state index contributed by atoms with van der Waals surface area (Å²) in [5.41, 5.74) is 0.0203. The van der Waals surface area contributed by atoms with Crippen LogP contribution in [0.4, 0.5) is 15.0 Å². The Balaban J connectivity index is 1.22. The van der Waals surface area contributed by atoms with Gasteiger partial charge >= 0.3 is 12.1 Å². The number of nitrogens with zero attached hydrogens (tertiary/aromatic N) is 5. The van der Waals surface area contributed by atoms with Gasteiger partial charge in [0.2, 0.25) is 0 Å². The molecular weight excluding hydrogens is 701 g/mol. The first-order valence-corrected chi connectivity index (χ1v) is 19.0. The zero-order chi connectivity index (χ0) is 37.1.